The van der Waals surface area contributed by atoms with Crippen LogP contribution in [-0.2, 0) is 9.53 Å². The zero-order valence-corrected chi connectivity index (χ0v) is 14.1. The highest BCUT2D eigenvalue weighted by Crippen LogP contribution is 2.31. The van der Waals surface area contributed by atoms with E-state index in [1.165, 1.54) is 0 Å². The number of nitrogens with zero attached hydrogens (tertiary/aromatic N) is 2. The van der Waals surface area contributed by atoms with E-state index < -0.39 is 18.5 Å². The summed E-state index contributed by atoms with van der Waals surface area (Å²) in [5, 5.41) is 11.1. The minimum absolute atomic E-state index is 0.0256. The highest BCUT2D eigenvalue weighted by Gasteiger charge is 2.19. The monoisotopic (exact) mass is 383 g/mol. The quantitative estimate of drug-likeness (QED) is 0.811. The van der Waals surface area contributed by atoms with Crippen LogP contribution in [0.4, 0.5) is 5.69 Å². The molecule has 2 rings (SSSR count). The number of amides is 1. The Morgan fingerprint density at radius 2 is 1.83 bits per heavy atom. The fourth-order valence-corrected chi connectivity index (χ4v) is 2.17. The van der Waals surface area contributed by atoms with Gasteiger partial charge in [-0.25, -0.2) is 9.78 Å². The Hall–Kier alpha value is -2.33. The van der Waals surface area contributed by atoms with Crippen LogP contribution in [0.2, 0.25) is 15.1 Å². The van der Waals surface area contributed by atoms with Gasteiger partial charge in [-0.15, -0.1) is 0 Å². The molecule has 9 heteroatoms. The van der Waals surface area contributed by atoms with Crippen LogP contribution >= 0.6 is 34.8 Å². The first kappa shape index (κ1) is 18.0. The lowest BCUT2D eigenvalue weighted by atomic mass is 10.2. The number of anilines is 1. The second kappa shape index (κ2) is 7.97. The third kappa shape index (κ3) is 4.36. The van der Waals surface area contributed by atoms with Gasteiger partial charge in [0.25, 0.3) is 5.91 Å². The Morgan fingerprint density at radius 3 is 2.46 bits per heavy atom. The maximum atomic E-state index is 11.9. The molecule has 0 saturated carbocycles. The molecule has 2 aromatic rings. The van der Waals surface area contributed by atoms with Crippen LogP contribution in [0, 0.1) is 11.3 Å². The second-order valence-electron chi connectivity index (χ2n) is 4.40. The summed E-state index contributed by atoms with van der Waals surface area (Å²) in [5.41, 5.74) is 0.678. The van der Waals surface area contributed by atoms with Crippen molar-refractivity contribution in [2.45, 2.75) is 0 Å². The summed E-state index contributed by atoms with van der Waals surface area (Å²) in [6.45, 7) is -0.545. The molecule has 0 unspecified atom stereocenters. The molecule has 0 saturated heterocycles. The van der Waals surface area contributed by atoms with E-state index in [-0.39, 0.29) is 20.8 Å². The first-order valence-corrected chi connectivity index (χ1v) is 7.52. The number of esters is 1. The fraction of sp³-hybridized carbons (Fsp3) is 0.0667. The predicted octanol–water partition coefficient (Wildman–Crippen LogP) is 3.71. The van der Waals surface area contributed by atoms with Crippen molar-refractivity contribution in [3.8, 4) is 6.07 Å². The maximum absolute atomic E-state index is 11.9. The lowest BCUT2D eigenvalue weighted by Gasteiger charge is -2.08. The standard InChI is InChI=1S/C15H8Cl3N3O3/c16-10-6-20-14(13(18)12(10)17)15(23)24-7-11(22)21-9-3-1-8(5-19)2-4-9/h1-4,6H,7H2,(H,21,22). The molecule has 122 valence electrons. The number of nitriles is 1. The molecule has 0 fully saturated rings. The number of carbonyl (C=O) groups excluding carboxylic acids is 2. The van der Waals surface area contributed by atoms with E-state index in [2.05, 4.69) is 10.3 Å². The average molecular weight is 385 g/mol. The van der Waals surface area contributed by atoms with Gasteiger partial charge < -0.3 is 10.1 Å². The summed E-state index contributed by atoms with van der Waals surface area (Å²) < 4.78 is 4.83. The summed E-state index contributed by atoms with van der Waals surface area (Å²) in [6, 6.07) is 8.15. The average Bonchev–Trinajstić information content (AvgIpc) is 2.58. The number of carbonyl (C=O) groups is 2. The largest absolute Gasteiger partial charge is 0.451 e. The van der Waals surface area contributed by atoms with Crippen LogP contribution in [0.1, 0.15) is 16.1 Å². The number of hydrogen-bond donors (Lipinski definition) is 1. The zero-order valence-electron chi connectivity index (χ0n) is 11.8. The van der Waals surface area contributed by atoms with Gasteiger partial charge in [0.1, 0.15) is 0 Å². The first-order valence-electron chi connectivity index (χ1n) is 6.39. The van der Waals surface area contributed by atoms with Crippen molar-refractivity contribution < 1.29 is 14.3 Å². The van der Waals surface area contributed by atoms with Gasteiger partial charge in [-0.05, 0) is 24.3 Å². The molecule has 1 aromatic heterocycles. The summed E-state index contributed by atoms with van der Waals surface area (Å²) in [6.07, 6.45) is 1.16. The molecule has 0 radical (unpaired) electrons. The number of hydrogen-bond acceptors (Lipinski definition) is 5. The van der Waals surface area contributed by atoms with Gasteiger partial charge in [0, 0.05) is 11.9 Å². The number of pyridine rings is 1. The topological polar surface area (TPSA) is 92.1 Å². The molecule has 0 aliphatic carbocycles. The van der Waals surface area contributed by atoms with Crippen molar-refractivity contribution in [2.24, 2.45) is 0 Å². The van der Waals surface area contributed by atoms with Crippen LogP contribution in [0.25, 0.3) is 0 Å². The van der Waals surface area contributed by atoms with Crippen molar-refractivity contribution in [1.82, 2.24) is 4.98 Å². The van der Waals surface area contributed by atoms with Crippen molar-refractivity contribution in [2.75, 3.05) is 11.9 Å². The second-order valence-corrected chi connectivity index (χ2v) is 5.56. The van der Waals surface area contributed by atoms with E-state index in [9.17, 15) is 9.59 Å². The van der Waals surface area contributed by atoms with Crippen LogP contribution in [0.5, 0.6) is 0 Å². The van der Waals surface area contributed by atoms with E-state index in [0.29, 0.717) is 11.3 Å². The molecular formula is C15H8Cl3N3O3. The summed E-state index contributed by atoms with van der Waals surface area (Å²) in [4.78, 5) is 27.4. The molecule has 0 spiro atoms. The Kier molecular flexibility index (Phi) is 5.99. The molecule has 1 aromatic carbocycles. The Balaban J connectivity index is 1.95. The zero-order chi connectivity index (χ0) is 17.7. The fourth-order valence-electron chi connectivity index (χ4n) is 1.61. The van der Waals surface area contributed by atoms with Crippen LogP contribution in [0.3, 0.4) is 0 Å². The maximum Gasteiger partial charge on any atom is 0.359 e. The summed E-state index contributed by atoms with van der Waals surface area (Å²) in [5.74, 6) is -1.47. The van der Waals surface area contributed by atoms with Crippen LogP contribution in [-0.4, -0.2) is 23.5 Å². The minimum Gasteiger partial charge on any atom is -0.451 e. The normalized spacial score (nSPS) is 9.92. The van der Waals surface area contributed by atoms with E-state index >= 15 is 0 Å². The van der Waals surface area contributed by atoms with Gasteiger partial charge in [0.15, 0.2) is 12.3 Å². The van der Waals surface area contributed by atoms with E-state index in [1.807, 2.05) is 6.07 Å². The molecule has 0 atom stereocenters. The van der Waals surface area contributed by atoms with Gasteiger partial charge in [0.2, 0.25) is 0 Å². The third-order valence-corrected chi connectivity index (χ3v) is 3.98. The molecule has 1 heterocycles. The lowest BCUT2D eigenvalue weighted by Crippen LogP contribution is -2.21. The Bertz CT molecular complexity index is 832. The SMILES string of the molecule is N#Cc1ccc(NC(=O)COC(=O)c2ncc(Cl)c(Cl)c2Cl)cc1. The molecule has 1 amide bonds. The number of aromatic nitrogens is 1. The van der Waals surface area contributed by atoms with Crippen LogP contribution in [0.15, 0.2) is 30.5 Å². The molecule has 6 nitrogen and oxygen atoms in total. The number of halogens is 3. The molecule has 0 aliphatic rings. The highest BCUT2D eigenvalue weighted by molar-refractivity contribution is 6.48. The number of ether oxygens (including phenoxy) is 1. The number of rotatable bonds is 4. The molecule has 0 bridgehead atoms. The van der Waals surface area contributed by atoms with E-state index in [4.69, 9.17) is 44.8 Å². The predicted molar refractivity (Wildman–Crippen MR) is 89.3 cm³/mol. The van der Waals surface area contributed by atoms with E-state index in [1.54, 1.807) is 24.3 Å². The summed E-state index contributed by atoms with van der Waals surface area (Å²) >= 11 is 17.4. The smallest absolute Gasteiger partial charge is 0.359 e. The van der Waals surface area contributed by atoms with Gasteiger partial charge in [-0.2, -0.15) is 5.26 Å². The minimum atomic E-state index is -0.909. The Labute approximate surface area is 151 Å². The van der Waals surface area contributed by atoms with Crippen molar-refractivity contribution in [3.05, 3.63) is 56.8 Å². The third-order valence-electron chi connectivity index (χ3n) is 2.74. The van der Waals surface area contributed by atoms with Crippen LogP contribution < -0.4 is 5.32 Å². The van der Waals surface area contributed by atoms with Gasteiger partial charge >= 0.3 is 5.97 Å². The molecule has 1 N–H and O–H groups in total. The lowest BCUT2D eigenvalue weighted by molar-refractivity contribution is -0.119. The number of nitrogens with one attached hydrogen (secondary N) is 1. The van der Waals surface area contributed by atoms with Gasteiger partial charge in [0.05, 0.1) is 26.7 Å². The van der Waals surface area contributed by atoms with Crippen molar-refractivity contribution >= 4 is 52.4 Å². The molecule has 24 heavy (non-hydrogen) atoms. The van der Waals surface area contributed by atoms with Gasteiger partial charge in [-0.1, -0.05) is 34.8 Å². The molecular weight excluding hydrogens is 377 g/mol. The Morgan fingerprint density at radius 1 is 1.17 bits per heavy atom. The summed E-state index contributed by atoms with van der Waals surface area (Å²) in [7, 11) is 0. The first-order chi connectivity index (χ1) is 11.4. The van der Waals surface area contributed by atoms with Crippen molar-refractivity contribution in [3.63, 3.8) is 0 Å². The molecule has 0 aliphatic heterocycles. The highest BCUT2D eigenvalue weighted by atomic mass is 35.5. The van der Waals surface area contributed by atoms with Crippen molar-refractivity contribution in [1.29, 1.82) is 5.26 Å². The number of benzene rings is 1. The van der Waals surface area contributed by atoms with Gasteiger partial charge in [-0.3, -0.25) is 4.79 Å². The van der Waals surface area contributed by atoms with E-state index in [0.717, 1.165) is 6.20 Å².